The molecule has 0 N–H and O–H groups in total. The van der Waals surface area contributed by atoms with E-state index in [-0.39, 0.29) is 39.6 Å². The van der Waals surface area contributed by atoms with Gasteiger partial charge in [-0.25, -0.2) is 4.39 Å². The van der Waals surface area contributed by atoms with E-state index >= 15 is 0 Å². The van der Waals surface area contributed by atoms with E-state index in [1.165, 1.54) is 12.5 Å². The molecule has 3 aliphatic carbocycles. The second-order valence-electron chi connectivity index (χ2n) is 13.7. The number of benzene rings is 2. The average Bonchev–Trinajstić information content (AvgIpc) is 3.53. The van der Waals surface area contributed by atoms with Gasteiger partial charge in [-0.2, -0.15) is 0 Å². The van der Waals surface area contributed by atoms with Crippen LogP contribution in [0.2, 0.25) is 0 Å². The first-order valence-electron chi connectivity index (χ1n) is 17.0. The van der Waals surface area contributed by atoms with Crippen LogP contribution in [-0.2, 0) is 11.2 Å². The summed E-state index contributed by atoms with van der Waals surface area (Å²) in [6.45, 7) is 3.55. The molecule has 1 aliphatic heterocycles. The van der Waals surface area contributed by atoms with E-state index in [9.17, 15) is 14.0 Å². The summed E-state index contributed by atoms with van der Waals surface area (Å²) in [7, 11) is 0. The average molecular weight is 634 g/mol. The van der Waals surface area contributed by atoms with Crippen molar-refractivity contribution in [3.63, 3.8) is 0 Å². The second-order valence-corrected chi connectivity index (χ2v) is 13.7. The van der Waals surface area contributed by atoms with Crippen LogP contribution in [0.1, 0.15) is 108 Å². The lowest BCUT2D eigenvalue weighted by atomic mass is 9.65. The Balaban J connectivity index is 0.00000217. The monoisotopic (exact) mass is 633 g/mol. The summed E-state index contributed by atoms with van der Waals surface area (Å²) in [6, 6.07) is 14.4. The van der Waals surface area contributed by atoms with Crippen LogP contribution in [0.15, 0.2) is 83.5 Å². The largest absolute Gasteiger partial charge is 0.298 e. The van der Waals surface area contributed by atoms with Gasteiger partial charge in [-0.05, 0) is 92.2 Å². The molecule has 2 atom stereocenters. The molecule has 47 heavy (non-hydrogen) atoms. The predicted molar refractivity (Wildman–Crippen MR) is 197 cm³/mol. The van der Waals surface area contributed by atoms with Crippen molar-refractivity contribution in [3.8, 4) is 12.3 Å². The van der Waals surface area contributed by atoms with Crippen LogP contribution in [0.3, 0.4) is 0 Å². The van der Waals surface area contributed by atoms with E-state index in [4.69, 9.17) is 11.4 Å². The van der Waals surface area contributed by atoms with Crippen LogP contribution in [-0.4, -0.2) is 23.4 Å². The Morgan fingerprint density at radius 3 is 2.43 bits per heavy atom. The minimum atomic E-state index is -0.969. The van der Waals surface area contributed by atoms with Crippen molar-refractivity contribution in [2.45, 2.75) is 91.7 Å². The lowest BCUT2D eigenvalue weighted by Crippen LogP contribution is -2.38. The predicted octanol–water partition coefficient (Wildman–Crippen LogP) is 10.8. The van der Waals surface area contributed by atoms with Gasteiger partial charge in [0, 0.05) is 32.4 Å². The number of hydrogen-bond donors (Lipinski definition) is 0. The number of rotatable bonds is 9. The molecule has 2 aromatic rings. The van der Waals surface area contributed by atoms with Crippen LogP contribution >= 0.6 is 0 Å². The van der Waals surface area contributed by atoms with Gasteiger partial charge in [-0.3, -0.25) is 14.6 Å². The Labute approximate surface area is 283 Å². The van der Waals surface area contributed by atoms with Crippen molar-refractivity contribution in [1.29, 1.82) is 0 Å². The van der Waals surface area contributed by atoms with E-state index in [0.717, 1.165) is 103 Å². The maximum Gasteiger partial charge on any atom is 0.166 e. The Bertz CT molecular complexity index is 1690. The zero-order valence-corrected chi connectivity index (χ0v) is 27.1. The van der Waals surface area contributed by atoms with Crippen LogP contribution in [0.5, 0.6) is 0 Å². The van der Waals surface area contributed by atoms with Crippen molar-refractivity contribution in [1.82, 2.24) is 0 Å². The molecule has 0 radical (unpaired) electrons. The molecule has 248 valence electrons. The van der Waals surface area contributed by atoms with E-state index in [0.29, 0.717) is 0 Å². The van der Waals surface area contributed by atoms with Gasteiger partial charge in [0.2, 0.25) is 0 Å². The molecule has 4 aliphatic rings. The third-order valence-corrected chi connectivity index (χ3v) is 10.6. The smallest absolute Gasteiger partial charge is 0.166 e. The molecule has 0 spiro atoms. The maximum atomic E-state index is 13.6. The Hall–Kier alpha value is -4.10. The highest BCUT2D eigenvalue weighted by atomic mass is 19.1. The summed E-state index contributed by atoms with van der Waals surface area (Å²) >= 11 is 0. The lowest BCUT2D eigenvalue weighted by molar-refractivity contribution is -0.132. The van der Waals surface area contributed by atoms with Crippen molar-refractivity contribution in [3.05, 3.63) is 106 Å². The van der Waals surface area contributed by atoms with Crippen LogP contribution in [0.25, 0.3) is 11.6 Å². The number of carbonyl (C=O) groups is 2. The summed E-state index contributed by atoms with van der Waals surface area (Å²) < 4.78 is 13.2. The maximum absolute atomic E-state index is 13.6. The molecule has 0 bridgehead atoms. The number of nitrogens with zero attached hydrogens (tertiary/aromatic N) is 1. The first kappa shape index (κ1) is 34.2. The topological polar surface area (TPSA) is 46.5 Å². The second kappa shape index (κ2) is 14.8. The van der Waals surface area contributed by atoms with E-state index in [2.05, 4.69) is 48.4 Å². The first-order chi connectivity index (χ1) is 22.3. The number of alkyl halides is 1. The third-order valence-electron chi connectivity index (χ3n) is 10.6. The Morgan fingerprint density at radius 2 is 1.77 bits per heavy atom. The minimum Gasteiger partial charge on any atom is -0.298 e. The molecule has 6 rings (SSSR count). The third kappa shape index (κ3) is 7.25. The van der Waals surface area contributed by atoms with Gasteiger partial charge in [0.25, 0.3) is 0 Å². The molecular weight excluding hydrogens is 581 g/mol. The molecule has 4 heteroatoms. The highest BCUT2D eigenvalue weighted by molar-refractivity contribution is 6.13. The zero-order valence-electron chi connectivity index (χ0n) is 27.1. The highest BCUT2D eigenvalue weighted by Crippen LogP contribution is 2.43. The number of carbonyl (C=O) groups excluding carboxylic acids is 2. The fraction of sp³-hybridized carbons (Fsp3) is 0.419. The summed E-state index contributed by atoms with van der Waals surface area (Å²) in [6.07, 6.45) is 25.4. The number of allylic oxidation sites excluding steroid dienone is 6. The molecule has 3 nitrogen and oxygen atoms in total. The summed E-state index contributed by atoms with van der Waals surface area (Å²) in [4.78, 5) is 31.9. The van der Waals surface area contributed by atoms with Crippen molar-refractivity contribution in [2.75, 3.05) is 0 Å². The number of hydrogen-bond acceptors (Lipinski definition) is 3. The summed E-state index contributed by atoms with van der Waals surface area (Å²) in [5, 5.41) is 0. The van der Waals surface area contributed by atoms with Gasteiger partial charge in [0.15, 0.2) is 11.6 Å². The quantitative estimate of drug-likeness (QED) is 0.204. The Kier molecular flexibility index (Phi) is 10.8. The number of halogens is 1. The molecule has 0 aromatic heterocycles. The molecule has 2 unspecified atom stereocenters. The molecule has 1 heterocycles. The number of aliphatic imine (C=N–C) groups is 1. The van der Waals surface area contributed by atoms with Crippen LogP contribution < -0.4 is 0 Å². The van der Waals surface area contributed by atoms with Crippen molar-refractivity contribution < 1.29 is 16.8 Å². The number of terminal acetylenes is 1. The minimum absolute atomic E-state index is 0. The molecule has 2 fully saturated rings. The number of ketones is 2. The number of aryl methyl sites for hydroxylation is 1. The van der Waals surface area contributed by atoms with Gasteiger partial charge in [0.05, 0.1) is 11.1 Å². The van der Waals surface area contributed by atoms with Crippen LogP contribution in [0, 0.1) is 42.4 Å². The Morgan fingerprint density at radius 1 is 1.06 bits per heavy atom. The van der Waals surface area contributed by atoms with Crippen LogP contribution in [0.4, 0.5) is 4.39 Å². The molecule has 2 saturated carbocycles. The molecule has 0 saturated heterocycles. The van der Waals surface area contributed by atoms with E-state index in [1.807, 2.05) is 37.4 Å². The zero-order chi connectivity index (χ0) is 32.3. The van der Waals surface area contributed by atoms with Gasteiger partial charge in [0.1, 0.15) is 6.17 Å². The number of Topliss-reactive ketones (excluding diaryl/α,β-unsaturated/α-hetero) is 2. The normalized spacial score (nSPS) is 23.9. The van der Waals surface area contributed by atoms with Gasteiger partial charge < -0.3 is 0 Å². The van der Waals surface area contributed by atoms with Gasteiger partial charge in [-0.1, -0.05) is 105 Å². The van der Waals surface area contributed by atoms with Crippen molar-refractivity contribution >= 4 is 28.9 Å². The SMILES string of the molecule is C.C#CC1(C(=O)C2CCC(C(=O)c3ccc(CC4=CC=CC5C(c6ccc(/C=C\C(C)F)cc6)=CN=C45)cc3C)CC2)CCCCC1.[HH].[HH]. The van der Waals surface area contributed by atoms with Crippen molar-refractivity contribution in [2.24, 2.45) is 28.2 Å². The first-order valence-corrected chi connectivity index (χ1v) is 17.0. The van der Waals surface area contributed by atoms with E-state index in [1.54, 1.807) is 6.08 Å². The molecular formula is C43H52FNO2. The fourth-order valence-corrected chi connectivity index (χ4v) is 7.90. The standard InChI is InChI=1S/C42H44FNO2.CH4.2H2/c1-4-42(23-6-5-7-24-42)41(46)34-20-18-33(19-21-34)40(45)36-22-15-31(25-28(36)2)26-35-9-8-10-37-38(27-44-39(35)37)32-16-13-30(14-17-32)12-11-29(3)43;;;/h1,8-17,22,25,27,29,33-34,37H,5-7,18-21,23-24,26H2,2-3H3;1H4;2*1H/b12-11-;;;. The summed E-state index contributed by atoms with van der Waals surface area (Å²) in [5.41, 5.74) is 7.87. The molecule has 2 aromatic carbocycles. The number of fused-ring (bicyclic) bond motifs is 1. The van der Waals surface area contributed by atoms with Gasteiger partial charge in [-0.15, -0.1) is 6.42 Å². The van der Waals surface area contributed by atoms with Gasteiger partial charge >= 0.3 is 0 Å². The lowest BCUT2D eigenvalue weighted by Gasteiger charge is -2.36. The highest BCUT2D eigenvalue weighted by Gasteiger charge is 2.42. The fourth-order valence-electron chi connectivity index (χ4n) is 7.90. The van der Waals surface area contributed by atoms with E-state index < -0.39 is 11.6 Å². The summed E-state index contributed by atoms with van der Waals surface area (Å²) in [5.74, 6) is 3.42. The molecule has 0 amide bonds.